The molecule has 1 amide bonds. The Labute approximate surface area is 135 Å². The number of carbonyl (C=O) groups excluding carboxylic acids is 2. The van der Waals surface area contributed by atoms with Gasteiger partial charge in [0.05, 0.1) is 6.61 Å². The summed E-state index contributed by atoms with van der Waals surface area (Å²) in [5.41, 5.74) is 0.0337. The van der Waals surface area contributed by atoms with Crippen LogP contribution in [0.4, 0.5) is 4.79 Å². The number of benzene rings is 1. The van der Waals surface area contributed by atoms with Gasteiger partial charge in [0, 0.05) is 5.02 Å². The number of hydrogen-bond donors (Lipinski definition) is 1. The zero-order valence-corrected chi connectivity index (χ0v) is 13.9. The molecule has 0 bridgehead atoms. The van der Waals surface area contributed by atoms with Crippen molar-refractivity contribution in [3.63, 3.8) is 0 Å². The fourth-order valence-electron chi connectivity index (χ4n) is 1.49. The molecular formula is C16H20ClNO4. The highest BCUT2D eigenvalue weighted by Gasteiger charge is 2.20. The molecule has 120 valence electrons. The van der Waals surface area contributed by atoms with Gasteiger partial charge in [-0.25, -0.2) is 9.59 Å². The van der Waals surface area contributed by atoms with Crippen LogP contribution < -0.4 is 5.32 Å². The predicted octanol–water partition coefficient (Wildman–Crippen LogP) is 3.77. The van der Waals surface area contributed by atoms with Crippen molar-refractivity contribution in [1.82, 2.24) is 5.32 Å². The molecule has 0 aromatic heterocycles. The topological polar surface area (TPSA) is 64.6 Å². The van der Waals surface area contributed by atoms with Crippen molar-refractivity contribution in [2.24, 2.45) is 0 Å². The molecule has 0 unspecified atom stereocenters. The van der Waals surface area contributed by atoms with E-state index in [4.69, 9.17) is 21.1 Å². The minimum Gasteiger partial charge on any atom is -0.461 e. The van der Waals surface area contributed by atoms with Crippen molar-refractivity contribution in [3.05, 3.63) is 40.5 Å². The molecule has 0 aliphatic rings. The summed E-state index contributed by atoms with van der Waals surface area (Å²) in [6, 6.07) is 6.81. The Bertz CT molecular complexity index is 559. The van der Waals surface area contributed by atoms with Crippen LogP contribution in [-0.2, 0) is 14.3 Å². The van der Waals surface area contributed by atoms with Gasteiger partial charge in [0.2, 0.25) is 0 Å². The molecule has 1 aromatic rings. The van der Waals surface area contributed by atoms with Crippen LogP contribution >= 0.6 is 11.6 Å². The number of amides is 1. The van der Waals surface area contributed by atoms with Crippen molar-refractivity contribution in [2.75, 3.05) is 6.61 Å². The average molecular weight is 326 g/mol. The zero-order chi connectivity index (χ0) is 16.8. The minimum atomic E-state index is -0.722. The molecule has 0 aliphatic carbocycles. The maximum atomic E-state index is 11.9. The molecule has 0 aliphatic heterocycles. The first kappa shape index (κ1) is 18.0. The number of hydrogen-bond acceptors (Lipinski definition) is 4. The second kappa shape index (κ2) is 7.84. The number of rotatable bonds is 4. The Morgan fingerprint density at radius 3 is 2.32 bits per heavy atom. The van der Waals surface area contributed by atoms with Crippen molar-refractivity contribution in [1.29, 1.82) is 0 Å². The minimum absolute atomic E-state index is 0.00146. The fraction of sp³-hybridized carbons (Fsp3) is 0.375. The smallest absolute Gasteiger partial charge is 0.412 e. The van der Waals surface area contributed by atoms with Gasteiger partial charge in [0.25, 0.3) is 0 Å². The van der Waals surface area contributed by atoms with Gasteiger partial charge in [-0.2, -0.15) is 0 Å². The first-order valence-corrected chi connectivity index (χ1v) is 7.23. The van der Waals surface area contributed by atoms with E-state index in [1.807, 2.05) is 0 Å². The fourth-order valence-corrected chi connectivity index (χ4v) is 1.62. The van der Waals surface area contributed by atoms with Gasteiger partial charge in [0.15, 0.2) is 0 Å². The Balaban J connectivity index is 2.95. The van der Waals surface area contributed by atoms with Crippen LogP contribution in [0, 0.1) is 0 Å². The standard InChI is InChI=1S/C16H20ClNO4/c1-5-21-14(19)13(18-15(20)22-16(2,3)4)10-11-6-8-12(17)9-7-11/h6-10H,5H2,1-4H3,(H,18,20). The van der Waals surface area contributed by atoms with Crippen LogP contribution in [0.3, 0.4) is 0 Å². The maximum absolute atomic E-state index is 11.9. The Hall–Kier alpha value is -2.01. The van der Waals surface area contributed by atoms with Gasteiger partial charge < -0.3 is 9.47 Å². The molecule has 0 saturated heterocycles. The van der Waals surface area contributed by atoms with Crippen molar-refractivity contribution >= 4 is 29.7 Å². The van der Waals surface area contributed by atoms with E-state index in [1.54, 1.807) is 52.0 Å². The second-order valence-corrected chi connectivity index (χ2v) is 5.89. The molecule has 0 atom stereocenters. The molecule has 22 heavy (non-hydrogen) atoms. The van der Waals surface area contributed by atoms with Gasteiger partial charge in [-0.1, -0.05) is 23.7 Å². The third-order valence-corrected chi connectivity index (χ3v) is 2.56. The highest BCUT2D eigenvalue weighted by molar-refractivity contribution is 6.30. The molecule has 0 saturated carbocycles. The van der Waals surface area contributed by atoms with Crippen LogP contribution in [0.5, 0.6) is 0 Å². The SMILES string of the molecule is CCOC(=O)C(=Cc1ccc(Cl)cc1)NC(=O)OC(C)(C)C. The van der Waals surface area contributed by atoms with E-state index >= 15 is 0 Å². The van der Waals surface area contributed by atoms with Crippen LogP contribution in [0.1, 0.15) is 33.3 Å². The van der Waals surface area contributed by atoms with Gasteiger partial charge in [-0.05, 0) is 51.5 Å². The first-order chi connectivity index (χ1) is 10.2. The lowest BCUT2D eigenvalue weighted by molar-refractivity contribution is -0.138. The Kier molecular flexibility index (Phi) is 6.43. The third kappa shape index (κ3) is 6.63. The van der Waals surface area contributed by atoms with E-state index in [0.29, 0.717) is 10.6 Å². The molecule has 0 spiro atoms. The van der Waals surface area contributed by atoms with Gasteiger partial charge in [-0.15, -0.1) is 0 Å². The number of ether oxygens (including phenoxy) is 2. The lowest BCUT2D eigenvalue weighted by Crippen LogP contribution is -2.34. The summed E-state index contributed by atoms with van der Waals surface area (Å²) >= 11 is 5.82. The van der Waals surface area contributed by atoms with E-state index in [1.165, 1.54) is 6.08 Å². The van der Waals surface area contributed by atoms with Gasteiger partial charge >= 0.3 is 12.1 Å². The van der Waals surface area contributed by atoms with Crippen LogP contribution in [0.2, 0.25) is 5.02 Å². The van der Waals surface area contributed by atoms with Crippen molar-refractivity contribution in [2.45, 2.75) is 33.3 Å². The number of nitrogens with one attached hydrogen (secondary N) is 1. The quantitative estimate of drug-likeness (QED) is 0.676. The number of esters is 1. The molecular weight excluding hydrogens is 306 g/mol. The highest BCUT2D eigenvalue weighted by Crippen LogP contribution is 2.13. The number of halogens is 1. The maximum Gasteiger partial charge on any atom is 0.412 e. The van der Waals surface area contributed by atoms with Crippen LogP contribution in [0.25, 0.3) is 6.08 Å². The Morgan fingerprint density at radius 2 is 1.82 bits per heavy atom. The van der Waals surface area contributed by atoms with E-state index in [9.17, 15) is 9.59 Å². The first-order valence-electron chi connectivity index (χ1n) is 6.85. The van der Waals surface area contributed by atoms with E-state index < -0.39 is 17.7 Å². The molecule has 1 aromatic carbocycles. The van der Waals surface area contributed by atoms with E-state index in [-0.39, 0.29) is 12.3 Å². The van der Waals surface area contributed by atoms with Gasteiger partial charge in [0.1, 0.15) is 11.3 Å². The number of alkyl carbamates (subject to hydrolysis) is 1. The highest BCUT2D eigenvalue weighted by atomic mass is 35.5. The normalized spacial score (nSPS) is 11.8. The third-order valence-electron chi connectivity index (χ3n) is 2.31. The second-order valence-electron chi connectivity index (χ2n) is 5.46. The lowest BCUT2D eigenvalue weighted by atomic mass is 10.2. The van der Waals surface area contributed by atoms with Crippen molar-refractivity contribution in [3.8, 4) is 0 Å². The monoisotopic (exact) mass is 325 g/mol. The summed E-state index contributed by atoms with van der Waals surface area (Å²) in [4.78, 5) is 23.7. The summed E-state index contributed by atoms with van der Waals surface area (Å²) in [7, 11) is 0. The van der Waals surface area contributed by atoms with Crippen LogP contribution in [-0.4, -0.2) is 24.3 Å². The summed E-state index contributed by atoms with van der Waals surface area (Å²) < 4.78 is 10.1. The van der Waals surface area contributed by atoms with Crippen LogP contribution in [0.15, 0.2) is 30.0 Å². The summed E-state index contributed by atoms with van der Waals surface area (Å²) in [6.45, 7) is 7.09. The molecule has 1 N–H and O–H groups in total. The predicted molar refractivity (Wildman–Crippen MR) is 85.4 cm³/mol. The summed E-state index contributed by atoms with van der Waals surface area (Å²) in [6.07, 6.45) is 0.777. The molecule has 5 nitrogen and oxygen atoms in total. The molecule has 0 radical (unpaired) electrons. The molecule has 6 heteroatoms. The molecule has 1 rings (SSSR count). The largest absolute Gasteiger partial charge is 0.461 e. The van der Waals surface area contributed by atoms with E-state index in [2.05, 4.69) is 5.32 Å². The zero-order valence-electron chi connectivity index (χ0n) is 13.1. The van der Waals surface area contributed by atoms with E-state index in [0.717, 1.165) is 0 Å². The van der Waals surface area contributed by atoms with Gasteiger partial charge in [-0.3, -0.25) is 5.32 Å². The molecule has 0 heterocycles. The average Bonchev–Trinajstić information content (AvgIpc) is 2.38. The van der Waals surface area contributed by atoms with Crippen molar-refractivity contribution < 1.29 is 19.1 Å². The summed E-state index contributed by atoms with van der Waals surface area (Å²) in [5.74, 6) is -0.636. The lowest BCUT2D eigenvalue weighted by Gasteiger charge is -2.20. The number of carbonyl (C=O) groups is 2. The Morgan fingerprint density at radius 1 is 1.23 bits per heavy atom. The summed E-state index contributed by atoms with van der Waals surface area (Å²) in [5, 5.41) is 2.99. The molecule has 0 fully saturated rings.